The lowest BCUT2D eigenvalue weighted by Gasteiger charge is -2.20. The molecule has 3 unspecified atom stereocenters. The molecule has 0 saturated carbocycles. The first-order valence-electron chi connectivity index (χ1n) is 4.51. The van der Waals surface area contributed by atoms with Gasteiger partial charge < -0.3 is 10.4 Å². The number of aliphatic hydroxyl groups excluding tert-OH is 1. The molecule has 1 fully saturated rings. The smallest absolute Gasteiger partial charge is 0.382 e. The van der Waals surface area contributed by atoms with E-state index in [9.17, 15) is 13.2 Å². The molecular formula is C8H14F3NOS. The van der Waals surface area contributed by atoms with Crippen molar-refractivity contribution in [2.45, 2.75) is 36.9 Å². The van der Waals surface area contributed by atoms with Crippen LogP contribution >= 0.6 is 11.8 Å². The fourth-order valence-electron chi connectivity index (χ4n) is 1.38. The molecule has 1 aliphatic rings. The van der Waals surface area contributed by atoms with Gasteiger partial charge in [-0.25, -0.2) is 0 Å². The second-order valence-corrected chi connectivity index (χ2v) is 4.92. The first-order chi connectivity index (χ1) is 6.41. The second-order valence-electron chi connectivity index (χ2n) is 3.44. The largest absolute Gasteiger partial charge is 0.415 e. The minimum atomic E-state index is -4.51. The van der Waals surface area contributed by atoms with Gasteiger partial charge in [-0.3, -0.25) is 0 Å². The highest BCUT2D eigenvalue weighted by Crippen LogP contribution is 2.26. The van der Waals surface area contributed by atoms with E-state index in [2.05, 4.69) is 5.32 Å². The van der Waals surface area contributed by atoms with E-state index in [1.54, 1.807) is 11.8 Å². The van der Waals surface area contributed by atoms with E-state index in [4.69, 9.17) is 5.11 Å². The predicted octanol–water partition coefficient (Wildman–Crippen LogP) is 1.39. The van der Waals surface area contributed by atoms with Gasteiger partial charge >= 0.3 is 6.18 Å². The monoisotopic (exact) mass is 229 g/mol. The number of halogens is 3. The average Bonchev–Trinajstić information content (AvgIpc) is 2.45. The molecule has 1 saturated heterocycles. The van der Waals surface area contributed by atoms with Crippen molar-refractivity contribution < 1.29 is 18.3 Å². The Morgan fingerprint density at radius 1 is 1.57 bits per heavy atom. The van der Waals surface area contributed by atoms with Gasteiger partial charge in [0.15, 0.2) is 6.10 Å². The normalized spacial score (nSPS) is 30.6. The van der Waals surface area contributed by atoms with Gasteiger partial charge in [-0.15, -0.1) is 0 Å². The van der Waals surface area contributed by atoms with E-state index >= 15 is 0 Å². The molecule has 1 aliphatic heterocycles. The molecule has 2 N–H and O–H groups in total. The van der Waals surface area contributed by atoms with Crippen molar-refractivity contribution in [3.63, 3.8) is 0 Å². The van der Waals surface area contributed by atoms with Crippen molar-refractivity contribution in [2.75, 3.05) is 12.3 Å². The number of hydrogen-bond acceptors (Lipinski definition) is 3. The molecule has 84 valence electrons. The molecule has 2 nitrogen and oxygen atoms in total. The Balaban J connectivity index is 2.26. The van der Waals surface area contributed by atoms with Crippen LogP contribution in [-0.2, 0) is 0 Å². The van der Waals surface area contributed by atoms with Crippen LogP contribution in [0.5, 0.6) is 0 Å². The van der Waals surface area contributed by atoms with Crippen LogP contribution in [0.2, 0.25) is 0 Å². The number of rotatable bonds is 3. The van der Waals surface area contributed by atoms with Crippen molar-refractivity contribution in [1.82, 2.24) is 5.32 Å². The fraction of sp³-hybridized carbons (Fsp3) is 1.00. The highest BCUT2D eigenvalue weighted by Gasteiger charge is 2.38. The van der Waals surface area contributed by atoms with Gasteiger partial charge in [-0.05, 0) is 12.2 Å². The Bertz CT molecular complexity index is 186. The van der Waals surface area contributed by atoms with Crippen LogP contribution in [0.25, 0.3) is 0 Å². The summed E-state index contributed by atoms with van der Waals surface area (Å²) in [5.74, 6) is 0.973. The van der Waals surface area contributed by atoms with Gasteiger partial charge in [0.25, 0.3) is 0 Å². The minimum Gasteiger partial charge on any atom is -0.382 e. The molecule has 0 aliphatic carbocycles. The molecule has 0 aromatic rings. The topological polar surface area (TPSA) is 32.3 Å². The van der Waals surface area contributed by atoms with E-state index in [1.807, 2.05) is 6.92 Å². The highest BCUT2D eigenvalue weighted by molar-refractivity contribution is 8.00. The quantitative estimate of drug-likeness (QED) is 0.767. The molecule has 0 radical (unpaired) electrons. The highest BCUT2D eigenvalue weighted by atomic mass is 32.2. The molecule has 0 aromatic carbocycles. The van der Waals surface area contributed by atoms with Crippen molar-refractivity contribution in [3.05, 3.63) is 0 Å². The summed E-state index contributed by atoms with van der Waals surface area (Å²) in [4.78, 5) is 0. The van der Waals surface area contributed by atoms with Crippen LogP contribution in [0.1, 0.15) is 13.3 Å². The summed E-state index contributed by atoms with van der Waals surface area (Å²) in [5, 5.41) is 11.8. The van der Waals surface area contributed by atoms with Gasteiger partial charge in [0.05, 0.1) is 0 Å². The summed E-state index contributed by atoms with van der Waals surface area (Å²) in [7, 11) is 0. The Morgan fingerprint density at radius 2 is 2.21 bits per heavy atom. The van der Waals surface area contributed by atoms with Crippen molar-refractivity contribution in [2.24, 2.45) is 0 Å². The van der Waals surface area contributed by atoms with Crippen LogP contribution in [0, 0.1) is 0 Å². The van der Waals surface area contributed by atoms with Crippen LogP contribution in [0.4, 0.5) is 13.2 Å². The van der Waals surface area contributed by atoms with Gasteiger partial charge in [-0.2, -0.15) is 24.9 Å². The molecule has 0 amide bonds. The molecule has 1 heterocycles. The molecule has 0 spiro atoms. The Kier molecular flexibility index (Phi) is 4.09. The number of alkyl halides is 3. The number of hydrogen-bond donors (Lipinski definition) is 2. The van der Waals surface area contributed by atoms with E-state index < -0.39 is 18.8 Å². The van der Waals surface area contributed by atoms with E-state index in [0.717, 1.165) is 12.2 Å². The standard InChI is InChI=1S/C8H14F3NOS/c1-5-6(2-3-14-5)12-4-7(13)8(9,10)11/h5-7,12-13H,2-4H2,1H3. The average molecular weight is 229 g/mol. The maximum atomic E-state index is 11.9. The van der Waals surface area contributed by atoms with Crippen LogP contribution < -0.4 is 5.32 Å². The molecule has 6 heteroatoms. The summed E-state index contributed by atoms with van der Waals surface area (Å²) in [6.45, 7) is 1.58. The summed E-state index contributed by atoms with van der Waals surface area (Å²) >= 11 is 1.74. The van der Waals surface area contributed by atoms with E-state index in [0.29, 0.717) is 5.25 Å². The van der Waals surface area contributed by atoms with Crippen LogP contribution in [0.15, 0.2) is 0 Å². The summed E-state index contributed by atoms with van der Waals surface area (Å²) in [6.07, 6.45) is -5.89. The zero-order chi connectivity index (χ0) is 10.8. The molecule has 0 bridgehead atoms. The molecule has 1 rings (SSSR count). The third-order valence-electron chi connectivity index (χ3n) is 2.33. The second kappa shape index (κ2) is 4.72. The first kappa shape index (κ1) is 12.1. The Morgan fingerprint density at radius 3 is 2.64 bits per heavy atom. The summed E-state index contributed by atoms with van der Waals surface area (Å²) < 4.78 is 35.8. The Hall–Kier alpha value is 0.0600. The van der Waals surface area contributed by atoms with Gasteiger partial charge in [0.2, 0.25) is 0 Å². The van der Waals surface area contributed by atoms with Crippen molar-refractivity contribution in [3.8, 4) is 0 Å². The summed E-state index contributed by atoms with van der Waals surface area (Å²) in [5.41, 5.74) is 0. The predicted molar refractivity (Wildman–Crippen MR) is 50.4 cm³/mol. The lowest BCUT2D eigenvalue weighted by atomic mass is 10.1. The third-order valence-corrected chi connectivity index (χ3v) is 3.65. The molecule has 3 atom stereocenters. The SMILES string of the molecule is CC1SCCC1NCC(O)C(F)(F)F. The van der Waals surface area contributed by atoms with E-state index in [1.165, 1.54) is 0 Å². The first-order valence-corrected chi connectivity index (χ1v) is 5.56. The van der Waals surface area contributed by atoms with Gasteiger partial charge in [0, 0.05) is 17.8 Å². The van der Waals surface area contributed by atoms with Crippen molar-refractivity contribution >= 4 is 11.8 Å². The Labute approximate surface area is 85.3 Å². The molecular weight excluding hydrogens is 215 g/mol. The molecule has 14 heavy (non-hydrogen) atoms. The maximum Gasteiger partial charge on any atom is 0.415 e. The number of aliphatic hydroxyl groups is 1. The van der Waals surface area contributed by atoms with E-state index in [-0.39, 0.29) is 6.04 Å². The zero-order valence-electron chi connectivity index (χ0n) is 7.84. The van der Waals surface area contributed by atoms with Gasteiger partial charge in [-0.1, -0.05) is 6.92 Å². The fourth-order valence-corrected chi connectivity index (χ4v) is 2.60. The molecule has 0 aromatic heterocycles. The van der Waals surface area contributed by atoms with Crippen LogP contribution in [-0.4, -0.2) is 41.0 Å². The zero-order valence-corrected chi connectivity index (χ0v) is 8.66. The maximum absolute atomic E-state index is 11.9. The number of nitrogens with one attached hydrogen (secondary N) is 1. The minimum absolute atomic E-state index is 0.0944. The van der Waals surface area contributed by atoms with Crippen LogP contribution in [0.3, 0.4) is 0 Å². The number of thioether (sulfide) groups is 1. The van der Waals surface area contributed by atoms with Gasteiger partial charge in [0.1, 0.15) is 0 Å². The third kappa shape index (κ3) is 3.33. The lowest BCUT2D eigenvalue weighted by molar-refractivity contribution is -0.202. The summed E-state index contributed by atoms with van der Waals surface area (Å²) in [6, 6.07) is 0.0944. The van der Waals surface area contributed by atoms with Crippen molar-refractivity contribution in [1.29, 1.82) is 0 Å². The lowest BCUT2D eigenvalue weighted by Crippen LogP contribution is -2.44.